The fourth-order valence-electron chi connectivity index (χ4n) is 5.52. The first-order valence-electron chi connectivity index (χ1n) is 14.3. The Morgan fingerprint density at radius 2 is 1.84 bits per heavy atom. The van der Waals surface area contributed by atoms with Gasteiger partial charge in [0.25, 0.3) is 5.56 Å². The second-order valence-electron chi connectivity index (χ2n) is 12.0. The lowest BCUT2D eigenvalue weighted by Gasteiger charge is -2.25. The van der Waals surface area contributed by atoms with Gasteiger partial charge in [-0.2, -0.15) is 5.10 Å². The van der Waals surface area contributed by atoms with E-state index in [1.54, 1.807) is 47.7 Å². The van der Waals surface area contributed by atoms with Crippen molar-refractivity contribution in [3.8, 4) is 28.3 Å². The molecule has 0 aliphatic carbocycles. The van der Waals surface area contributed by atoms with Crippen LogP contribution in [0.5, 0.6) is 0 Å². The van der Waals surface area contributed by atoms with Gasteiger partial charge in [-0.15, -0.1) is 5.10 Å². The number of aromatic nitrogens is 8. The third-order valence-corrected chi connectivity index (χ3v) is 8.16. The van der Waals surface area contributed by atoms with E-state index in [9.17, 15) is 9.59 Å². The van der Waals surface area contributed by atoms with Gasteiger partial charge in [-0.1, -0.05) is 41.8 Å². The van der Waals surface area contributed by atoms with Gasteiger partial charge in [-0.3, -0.25) is 23.8 Å². The zero-order valence-electron chi connectivity index (χ0n) is 24.7. The third-order valence-electron chi connectivity index (χ3n) is 7.75. The predicted molar refractivity (Wildman–Crippen MR) is 178 cm³/mol. The topological polar surface area (TPSA) is 125 Å². The minimum absolute atomic E-state index is 0.0813. The molecule has 1 N–H and O–H groups in total. The Hall–Kier alpha value is -4.16. The number of amides is 1. The predicted octanol–water partition coefficient (Wildman–Crippen LogP) is 1.87. The highest BCUT2D eigenvalue weighted by Gasteiger charge is 2.27. The number of pyridine rings is 1. The monoisotopic (exact) mass is 625 g/mol. The van der Waals surface area contributed by atoms with Crippen LogP contribution in [0.3, 0.4) is 0 Å². The zero-order chi connectivity index (χ0) is 31.2. The summed E-state index contributed by atoms with van der Waals surface area (Å²) < 4.78 is 5.02. The summed E-state index contributed by atoms with van der Waals surface area (Å²) in [7, 11) is 6.13. The maximum Gasteiger partial charge on any atom is 0.254 e. The fourth-order valence-corrected chi connectivity index (χ4v) is 5.81. The van der Waals surface area contributed by atoms with Gasteiger partial charge in [-0.05, 0) is 54.0 Å². The average molecular weight is 626 g/mol. The van der Waals surface area contributed by atoms with E-state index < -0.39 is 0 Å². The largest absolute Gasteiger partial charge is 0.323 e. The second kappa shape index (κ2) is 11.7. The second-order valence-corrected chi connectivity index (χ2v) is 12.8. The molecule has 1 aliphatic heterocycles. The first kappa shape index (κ1) is 29.9. The van der Waals surface area contributed by atoms with Crippen LogP contribution in [0.15, 0.2) is 66.1 Å². The minimum atomic E-state index is -0.370. The number of rotatable bonds is 4. The quantitative estimate of drug-likeness (QED) is 0.302. The summed E-state index contributed by atoms with van der Waals surface area (Å²) in [5, 5.41) is 16.0. The molecule has 4 aromatic heterocycles. The maximum absolute atomic E-state index is 13.8. The summed E-state index contributed by atoms with van der Waals surface area (Å²) in [4.78, 5) is 36.3. The van der Waals surface area contributed by atoms with Gasteiger partial charge in [0, 0.05) is 28.8 Å². The summed E-state index contributed by atoms with van der Waals surface area (Å²) >= 11 is 12.4. The van der Waals surface area contributed by atoms with E-state index >= 15 is 0 Å². The van der Waals surface area contributed by atoms with Crippen molar-refractivity contribution in [1.82, 2.24) is 39.3 Å². The highest BCUT2D eigenvalue weighted by molar-refractivity contribution is 6.56. The Kier molecular flexibility index (Phi) is 7.98. The van der Waals surface area contributed by atoms with Gasteiger partial charge in [0.15, 0.2) is 5.15 Å². The zero-order valence-corrected chi connectivity index (χ0v) is 26.2. The smallest absolute Gasteiger partial charge is 0.254 e. The number of hydrogen-bond donors (Lipinski definition) is 1. The number of halogens is 2. The van der Waals surface area contributed by atoms with Crippen LogP contribution in [0.1, 0.15) is 37.8 Å². The molecule has 1 amide bonds. The molecule has 2 bridgehead atoms. The number of fused-ring (bicyclic) bond motifs is 4. The first-order chi connectivity index (χ1) is 21.0. The molecule has 2 atom stereocenters. The van der Waals surface area contributed by atoms with Crippen LogP contribution in [-0.4, -0.2) is 68.8 Å². The van der Waals surface area contributed by atoms with Gasteiger partial charge in [-0.25, -0.2) is 9.67 Å². The number of nitrogens with zero attached hydrogens (tertiary/aromatic N) is 8. The van der Waals surface area contributed by atoms with Gasteiger partial charge in [0.2, 0.25) is 5.91 Å². The summed E-state index contributed by atoms with van der Waals surface area (Å²) in [5.74, 6) is -0.321. The molecule has 220 valence electrons. The molecule has 1 aliphatic rings. The summed E-state index contributed by atoms with van der Waals surface area (Å²) in [6.45, 7) is 1.91. The summed E-state index contributed by atoms with van der Waals surface area (Å²) in [6, 6.07) is 10.3. The van der Waals surface area contributed by atoms with Gasteiger partial charge >= 0.3 is 0 Å². The standard InChI is InChI=1S/C28H28B3Cl2N9O2/c1-15-3-2-4-22(16-7-8-34-20(9-16)26-21(37-27(15)44)12-36-42(26)28(29,30)31)40-14-35-19(11-25(40)43)18-10-17(32)5-6-23(18)41-13-24(33)38-39-41/h5-15,22H,2-4,29-31H2,1H3,(H,37,44)/t15-,22+/m1/s1. The number of anilines is 1. The van der Waals surface area contributed by atoms with E-state index in [4.69, 9.17) is 28.2 Å². The summed E-state index contributed by atoms with van der Waals surface area (Å²) in [6.07, 6.45) is 8.51. The molecule has 6 rings (SSSR count). The Bertz CT molecular complexity index is 1940. The van der Waals surface area contributed by atoms with Crippen molar-refractivity contribution in [1.29, 1.82) is 0 Å². The van der Waals surface area contributed by atoms with Crippen LogP contribution in [-0.2, 0) is 10.0 Å². The molecule has 11 nitrogen and oxygen atoms in total. The maximum atomic E-state index is 13.8. The molecule has 0 fully saturated rings. The van der Waals surface area contributed by atoms with E-state index in [1.165, 1.54) is 10.7 Å². The molecule has 44 heavy (non-hydrogen) atoms. The fraction of sp³-hybridized carbons (Fsp3) is 0.250. The van der Waals surface area contributed by atoms with Crippen molar-refractivity contribution < 1.29 is 4.79 Å². The van der Waals surface area contributed by atoms with Crippen LogP contribution in [0.4, 0.5) is 5.69 Å². The number of carbonyl (C=O) groups is 1. The SMILES string of the molecule is BC(B)(B)n1ncc2c1-c1cc(ccn1)[C@@H](n1cnc(-c3cc(Cl)ccc3-n3cc(Cl)nn3)cc1=O)CCC[C@@H](C)C(=O)N2. The molecule has 0 radical (unpaired) electrons. The number of hydrogen-bond acceptors (Lipinski definition) is 7. The van der Waals surface area contributed by atoms with Crippen molar-refractivity contribution >= 4 is 58.3 Å². The van der Waals surface area contributed by atoms with Crippen molar-refractivity contribution in [3.63, 3.8) is 0 Å². The lowest BCUT2D eigenvalue weighted by atomic mass is 9.49. The highest BCUT2D eigenvalue weighted by Crippen LogP contribution is 2.34. The van der Waals surface area contributed by atoms with E-state index in [0.29, 0.717) is 58.3 Å². The number of carbonyl (C=O) groups excluding carboxylic acids is 1. The molecule has 1 aromatic carbocycles. The summed E-state index contributed by atoms with van der Waals surface area (Å²) in [5.41, 5.74) is 4.30. The van der Waals surface area contributed by atoms with Crippen molar-refractivity contribution in [2.75, 3.05) is 5.32 Å². The molecule has 5 heterocycles. The molecule has 0 saturated carbocycles. The van der Waals surface area contributed by atoms with Gasteiger partial charge in [0.1, 0.15) is 29.2 Å². The Labute approximate surface area is 266 Å². The van der Waals surface area contributed by atoms with Crippen molar-refractivity contribution in [2.45, 2.75) is 37.5 Å². The van der Waals surface area contributed by atoms with Gasteiger partial charge in [0.05, 0.1) is 47.5 Å². The van der Waals surface area contributed by atoms with Crippen LogP contribution in [0.25, 0.3) is 28.3 Å². The van der Waals surface area contributed by atoms with Crippen molar-refractivity contribution in [2.24, 2.45) is 5.92 Å². The minimum Gasteiger partial charge on any atom is -0.323 e. The van der Waals surface area contributed by atoms with Crippen molar-refractivity contribution in [3.05, 3.63) is 87.4 Å². The number of benzene rings is 1. The Balaban J connectivity index is 1.46. The normalized spacial score (nSPS) is 17.3. The molecule has 5 aromatic rings. The highest BCUT2D eigenvalue weighted by atomic mass is 35.5. The molecular formula is C28H28B3Cl2N9O2. The van der Waals surface area contributed by atoms with Gasteiger partial charge < -0.3 is 5.32 Å². The van der Waals surface area contributed by atoms with Crippen LogP contribution < -0.4 is 10.9 Å². The van der Waals surface area contributed by atoms with E-state index in [1.807, 2.05) is 47.3 Å². The Morgan fingerprint density at radius 3 is 2.57 bits per heavy atom. The van der Waals surface area contributed by atoms with E-state index in [2.05, 4.69) is 25.7 Å². The molecule has 16 heteroatoms. The van der Waals surface area contributed by atoms with Crippen LogP contribution >= 0.6 is 23.2 Å². The molecule has 0 saturated heterocycles. The molecule has 0 unspecified atom stereocenters. The van der Waals surface area contributed by atoms with Crippen LogP contribution in [0, 0.1) is 5.92 Å². The first-order valence-corrected chi connectivity index (χ1v) is 15.1. The lowest BCUT2D eigenvalue weighted by Crippen LogP contribution is -2.36. The molecular weight excluding hydrogens is 598 g/mol. The van der Waals surface area contributed by atoms with Crippen LogP contribution in [0.2, 0.25) is 10.2 Å². The number of nitrogens with one attached hydrogen (secondary N) is 1. The van der Waals surface area contributed by atoms with E-state index in [-0.39, 0.29) is 33.8 Å². The van der Waals surface area contributed by atoms with E-state index in [0.717, 1.165) is 5.56 Å². The Morgan fingerprint density at radius 1 is 1.02 bits per heavy atom. The average Bonchev–Trinajstić information content (AvgIpc) is 3.61. The molecule has 0 spiro atoms. The third kappa shape index (κ3) is 5.83. The lowest BCUT2D eigenvalue weighted by molar-refractivity contribution is -0.119.